The SMILES string of the molecule is C=CCOc1ccc(C2C(C#N)=C(N)Oc3cc(OC(=O)C4CCC(CCCC)CC4)ccc32)cc1OC. The molecular weight excluding hydrogens is 480 g/mol. The van der Waals surface area contributed by atoms with Gasteiger partial charge in [-0.1, -0.05) is 51.0 Å². The summed E-state index contributed by atoms with van der Waals surface area (Å²) in [7, 11) is 1.56. The lowest BCUT2D eigenvalue weighted by Gasteiger charge is -2.28. The largest absolute Gasteiger partial charge is 0.493 e. The molecule has 1 aliphatic heterocycles. The lowest BCUT2D eigenvalue weighted by atomic mass is 9.80. The fourth-order valence-corrected chi connectivity index (χ4v) is 5.35. The minimum atomic E-state index is -0.478. The molecule has 38 heavy (non-hydrogen) atoms. The molecule has 1 fully saturated rings. The maximum absolute atomic E-state index is 12.9. The van der Waals surface area contributed by atoms with E-state index in [0.29, 0.717) is 35.2 Å². The predicted octanol–water partition coefficient (Wildman–Crippen LogP) is 6.38. The highest BCUT2D eigenvalue weighted by Crippen LogP contribution is 2.45. The summed E-state index contributed by atoms with van der Waals surface area (Å²) in [6.07, 6.45) is 9.25. The van der Waals surface area contributed by atoms with E-state index in [1.165, 1.54) is 19.3 Å². The Morgan fingerprint density at radius 2 is 1.97 bits per heavy atom. The Bertz CT molecular complexity index is 1240. The van der Waals surface area contributed by atoms with Crippen molar-refractivity contribution in [2.45, 2.75) is 57.8 Å². The highest BCUT2D eigenvalue weighted by Gasteiger charge is 2.32. The average molecular weight is 517 g/mol. The van der Waals surface area contributed by atoms with Crippen LogP contribution in [0.4, 0.5) is 0 Å². The molecule has 0 bridgehead atoms. The van der Waals surface area contributed by atoms with E-state index in [9.17, 15) is 10.1 Å². The second-order valence-corrected chi connectivity index (χ2v) is 9.92. The smallest absolute Gasteiger partial charge is 0.314 e. The molecule has 7 heteroatoms. The average Bonchev–Trinajstić information content (AvgIpc) is 2.94. The number of nitriles is 1. The van der Waals surface area contributed by atoms with E-state index in [1.54, 1.807) is 31.4 Å². The summed E-state index contributed by atoms with van der Waals surface area (Å²) in [5.74, 6) is 1.93. The monoisotopic (exact) mass is 516 g/mol. The van der Waals surface area contributed by atoms with Crippen molar-refractivity contribution in [2.75, 3.05) is 13.7 Å². The van der Waals surface area contributed by atoms with Gasteiger partial charge in [0, 0.05) is 11.6 Å². The van der Waals surface area contributed by atoms with Crippen molar-refractivity contribution < 1.29 is 23.7 Å². The number of benzene rings is 2. The number of hydrogen-bond donors (Lipinski definition) is 1. The number of rotatable bonds is 10. The van der Waals surface area contributed by atoms with E-state index < -0.39 is 5.92 Å². The molecule has 1 aliphatic carbocycles. The standard InChI is InChI=1S/C31H36N2O5/c1-4-6-7-20-8-10-21(11-9-20)31(34)37-23-13-14-24-27(18-23)38-30(33)25(19-32)29(24)22-12-15-26(36-16-5-2)28(17-22)35-3/h5,12-15,17-18,20-21,29H,2,4,6-11,16,33H2,1,3H3. The number of hydrogen-bond acceptors (Lipinski definition) is 7. The van der Waals surface area contributed by atoms with Gasteiger partial charge < -0.3 is 24.7 Å². The molecule has 2 N–H and O–H groups in total. The first-order chi connectivity index (χ1) is 18.5. The van der Waals surface area contributed by atoms with E-state index >= 15 is 0 Å². The van der Waals surface area contributed by atoms with Crippen LogP contribution in [-0.4, -0.2) is 19.7 Å². The van der Waals surface area contributed by atoms with Crippen molar-refractivity contribution in [3.05, 3.63) is 71.6 Å². The zero-order valence-electron chi connectivity index (χ0n) is 22.2. The van der Waals surface area contributed by atoms with Gasteiger partial charge in [-0.2, -0.15) is 5.26 Å². The Labute approximate surface area is 224 Å². The molecule has 0 saturated heterocycles. The second kappa shape index (κ2) is 12.6. The zero-order valence-corrected chi connectivity index (χ0v) is 22.2. The van der Waals surface area contributed by atoms with Gasteiger partial charge in [0.1, 0.15) is 29.7 Å². The Morgan fingerprint density at radius 1 is 1.18 bits per heavy atom. The van der Waals surface area contributed by atoms with Crippen LogP contribution in [-0.2, 0) is 4.79 Å². The van der Waals surface area contributed by atoms with Gasteiger partial charge in [-0.25, -0.2) is 0 Å². The summed E-state index contributed by atoms with van der Waals surface area (Å²) in [6, 6.07) is 12.9. The van der Waals surface area contributed by atoms with Crippen molar-refractivity contribution in [1.29, 1.82) is 5.26 Å². The van der Waals surface area contributed by atoms with Gasteiger partial charge in [0.15, 0.2) is 11.5 Å². The van der Waals surface area contributed by atoms with E-state index in [4.69, 9.17) is 24.7 Å². The maximum atomic E-state index is 12.9. The fraction of sp³-hybridized carbons (Fsp3) is 0.419. The second-order valence-electron chi connectivity index (χ2n) is 9.92. The molecule has 7 nitrogen and oxygen atoms in total. The third-order valence-electron chi connectivity index (χ3n) is 7.43. The van der Waals surface area contributed by atoms with Crippen LogP contribution in [0.3, 0.4) is 0 Å². The van der Waals surface area contributed by atoms with Gasteiger partial charge >= 0.3 is 5.97 Å². The molecule has 4 rings (SSSR count). The molecule has 0 amide bonds. The van der Waals surface area contributed by atoms with E-state index in [2.05, 4.69) is 19.6 Å². The molecule has 0 spiro atoms. The molecular formula is C31H36N2O5. The third kappa shape index (κ3) is 5.96. The summed E-state index contributed by atoms with van der Waals surface area (Å²) >= 11 is 0. The maximum Gasteiger partial charge on any atom is 0.314 e. The Hall–Kier alpha value is -3.92. The van der Waals surface area contributed by atoms with Crippen LogP contribution in [0, 0.1) is 23.2 Å². The molecule has 1 heterocycles. The van der Waals surface area contributed by atoms with Crippen LogP contribution < -0.4 is 24.7 Å². The van der Waals surface area contributed by atoms with E-state index in [1.807, 2.05) is 18.2 Å². The van der Waals surface area contributed by atoms with Gasteiger partial charge in [0.25, 0.3) is 0 Å². The normalized spacial score (nSPS) is 20.5. The first kappa shape index (κ1) is 27.1. The summed E-state index contributed by atoms with van der Waals surface area (Å²) in [4.78, 5) is 12.9. The topological polar surface area (TPSA) is 104 Å². The summed E-state index contributed by atoms with van der Waals surface area (Å²) in [5, 5.41) is 9.90. The Kier molecular flexibility index (Phi) is 8.96. The van der Waals surface area contributed by atoms with Crippen LogP contribution >= 0.6 is 0 Å². The number of ether oxygens (including phenoxy) is 4. The van der Waals surface area contributed by atoms with Crippen molar-refractivity contribution in [3.63, 3.8) is 0 Å². The van der Waals surface area contributed by atoms with E-state index in [-0.39, 0.29) is 17.8 Å². The number of fused-ring (bicyclic) bond motifs is 1. The molecule has 2 aliphatic rings. The van der Waals surface area contributed by atoms with Crippen LogP contribution in [0.5, 0.6) is 23.0 Å². The predicted molar refractivity (Wildman–Crippen MR) is 145 cm³/mol. The molecule has 1 unspecified atom stereocenters. The van der Waals surface area contributed by atoms with Gasteiger partial charge in [0.05, 0.1) is 18.9 Å². The number of nitrogens with two attached hydrogens (primary N) is 1. The number of esters is 1. The molecule has 0 radical (unpaired) electrons. The Morgan fingerprint density at radius 3 is 2.66 bits per heavy atom. The number of methoxy groups -OCH3 is 1. The van der Waals surface area contributed by atoms with Gasteiger partial charge in [-0.05, 0) is 55.4 Å². The molecule has 2 aromatic rings. The van der Waals surface area contributed by atoms with Crippen molar-refractivity contribution >= 4 is 5.97 Å². The third-order valence-corrected chi connectivity index (χ3v) is 7.43. The van der Waals surface area contributed by atoms with Crippen LogP contribution in [0.1, 0.15) is 68.9 Å². The molecule has 1 atom stereocenters. The highest BCUT2D eigenvalue weighted by molar-refractivity contribution is 5.75. The zero-order chi connectivity index (χ0) is 27.1. The molecule has 1 saturated carbocycles. The lowest BCUT2D eigenvalue weighted by Crippen LogP contribution is -2.26. The van der Waals surface area contributed by atoms with Gasteiger partial charge in [0.2, 0.25) is 5.88 Å². The van der Waals surface area contributed by atoms with Gasteiger partial charge in [-0.15, -0.1) is 0 Å². The lowest BCUT2D eigenvalue weighted by molar-refractivity contribution is -0.140. The number of nitrogens with zero attached hydrogens (tertiary/aromatic N) is 1. The first-order valence-electron chi connectivity index (χ1n) is 13.3. The number of unbranched alkanes of at least 4 members (excludes halogenated alkanes) is 1. The molecule has 200 valence electrons. The van der Waals surface area contributed by atoms with Crippen LogP contribution in [0.15, 0.2) is 60.5 Å². The Balaban J connectivity index is 1.54. The molecule has 2 aromatic carbocycles. The summed E-state index contributed by atoms with van der Waals surface area (Å²) in [5.41, 5.74) is 8.01. The van der Waals surface area contributed by atoms with Crippen molar-refractivity contribution in [3.8, 4) is 29.1 Å². The van der Waals surface area contributed by atoms with Crippen LogP contribution in [0.2, 0.25) is 0 Å². The van der Waals surface area contributed by atoms with Crippen molar-refractivity contribution in [1.82, 2.24) is 0 Å². The number of allylic oxidation sites excluding steroid dienone is 1. The fourth-order valence-electron chi connectivity index (χ4n) is 5.35. The summed E-state index contributed by atoms with van der Waals surface area (Å²) in [6.45, 7) is 6.23. The minimum Gasteiger partial charge on any atom is -0.493 e. The number of carbonyl (C=O) groups is 1. The van der Waals surface area contributed by atoms with Crippen LogP contribution in [0.25, 0.3) is 0 Å². The minimum absolute atomic E-state index is 0.0184. The first-order valence-corrected chi connectivity index (χ1v) is 13.3. The van der Waals surface area contributed by atoms with Gasteiger partial charge in [-0.3, -0.25) is 4.79 Å². The summed E-state index contributed by atoms with van der Waals surface area (Å²) < 4.78 is 22.8. The highest BCUT2D eigenvalue weighted by atomic mass is 16.5. The number of carbonyl (C=O) groups excluding carboxylic acids is 1. The van der Waals surface area contributed by atoms with E-state index in [0.717, 1.165) is 42.7 Å². The quantitative estimate of drug-likeness (QED) is 0.222. The van der Waals surface area contributed by atoms with Crippen molar-refractivity contribution in [2.24, 2.45) is 17.6 Å². The molecule has 0 aromatic heterocycles.